The van der Waals surface area contributed by atoms with E-state index in [4.69, 9.17) is 4.98 Å². The van der Waals surface area contributed by atoms with Gasteiger partial charge in [0.25, 0.3) is 0 Å². The Balaban J connectivity index is 1.49. The number of hydrogen-bond donors (Lipinski definition) is 3. The number of anilines is 1. The number of nitrogens with zero attached hydrogens (tertiary/aromatic N) is 3. The summed E-state index contributed by atoms with van der Waals surface area (Å²) in [4.78, 5) is 11.6. The molecule has 1 fully saturated rings. The zero-order chi connectivity index (χ0) is 19.2. The Bertz CT molecular complexity index is 727. The number of rotatable bonds is 7. The van der Waals surface area contributed by atoms with Gasteiger partial charge in [-0.25, -0.2) is 9.97 Å². The molecular formula is C21H30N4O2. The van der Waals surface area contributed by atoms with Gasteiger partial charge in [0.1, 0.15) is 17.4 Å². The molecule has 3 N–H and O–H groups in total. The fourth-order valence-electron chi connectivity index (χ4n) is 3.51. The van der Waals surface area contributed by atoms with Crippen molar-refractivity contribution < 1.29 is 10.2 Å². The predicted molar refractivity (Wildman–Crippen MR) is 107 cm³/mol. The van der Waals surface area contributed by atoms with Crippen LogP contribution in [0.5, 0.6) is 5.75 Å². The quantitative estimate of drug-likeness (QED) is 0.695. The molecule has 6 heteroatoms. The van der Waals surface area contributed by atoms with E-state index in [1.165, 1.54) is 0 Å². The molecule has 0 amide bonds. The van der Waals surface area contributed by atoms with E-state index < -0.39 is 6.10 Å². The molecule has 2 aromatic rings. The Morgan fingerprint density at radius 1 is 1.19 bits per heavy atom. The van der Waals surface area contributed by atoms with Crippen molar-refractivity contribution in [3.63, 3.8) is 0 Å². The van der Waals surface area contributed by atoms with Crippen LogP contribution in [0.15, 0.2) is 30.3 Å². The lowest BCUT2D eigenvalue weighted by molar-refractivity contribution is 0.167. The molecule has 1 atom stereocenters. The lowest BCUT2D eigenvalue weighted by atomic mass is 10.0. The van der Waals surface area contributed by atoms with E-state index in [1.807, 2.05) is 6.92 Å². The van der Waals surface area contributed by atoms with E-state index in [0.717, 1.165) is 61.7 Å². The third-order valence-electron chi connectivity index (χ3n) is 5.06. The molecule has 0 saturated carbocycles. The second-order valence-electron chi connectivity index (χ2n) is 7.31. The number of nitrogens with one attached hydrogen (secondary N) is 1. The van der Waals surface area contributed by atoms with Gasteiger partial charge in [0, 0.05) is 43.9 Å². The summed E-state index contributed by atoms with van der Waals surface area (Å²) in [5, 5.41) is 23.1. The molecule has 0 aliphatic carbocycles. The van der Waals surface area contributed by atoms with Crippen LogP contribution in [0.3, 0.4) is 0 Å². The highest BCUT2D eigenvalue weighted by molar-refractivity contribution is 5.40. The van der Waals surface area contributed by atoms with Crippen molar-refractivity contribution in [1.29, 1.82) is 0 Å². The first-order chi connectivity index (χ1) is 13.0. The summed E-state index contributed by atoms with van der Waals surface area (Å²) in [6.45, 7) is 6.60. The molecule has 1 aromatic heterocycles. The second kappa shape index (κ2) is 9.15. The number of aliphatic hydroxyl groups excluding tert-OH is 1. The average Bonchev–Trinajstić information content (AvgIpc) is 2.67. The molecule has 0 radical (unpaired) electrons. The molecule has 3 rings (SSSR count). The first-order valence-corrected chi connectivity index (χ1v) is 9.85. The van der Waals surface area contributed by atoms with Crippen molar-refractivity contribution in [1.82, 2.24) is 15.3 Å². The number of aliphatic hydroxyl groups is 1. The van der Waals surface area contributed by atoms with Crippen LogP contribution in [0.1, 0.15) is 49.4 Å². The Hall–Kier alpha value is -2.18. The number of hydrogen-bond acceptors (Lipinski definition) is 6. The van der Waals surface area contributed by atoms with Crippen molar-refractivity contribution in [2.24, 2.45) is 0 Å². The number of phenols is 1. The minimum absolute atomic E-state index is 0.216. The SMILES string of the molecule is CCCc1nc(C)cc(N2CCC(NCC(O)c3ccc(O)cc3)CC2)n1. The minimum Gasteiger partial charge on any atom is -0.508 e. The van der Waals surface area contributed by atoms with Gasteiger partial charge in [-0.15, -0.1) is 0 Å². The summed E-state index contributed by atoms with van der Waals surface area (Å²) in [7, 11) is 0. The summed E-state index contributed by atoms with van der Waals surface area (Å²) in [5.74, 6) is 2.19. The van der Waals surface area contributed by atoms with Crippen LogP contribution < -0.4 is 10.2 Å². The lowest BCUT2D eigenvalue weighted by Crippen LogP contribution is -2.44. The number of benzene rings is 1. The molecule has 0 bridgehead atoms. The highest BCUT2D eigenvalue weighted by atomic mass is 16.3. The molecular weight excluding hydrogens is 340 g/mol. The second-order valence-corrected chi connectivity index (χ2v) is 7.31. The fourth-order valence-corrected chi connectivity index (χ4v) is 3.51. The van der Waals surface area contributed by atoms with E-state index in [0.29, 0.717) is 12.6 Å². The van der Waals surface area contributed by atoms with Gasteiger partial charge >= 0.3 is 0 Å². The zero-order valence-corrected chi connectivity index (χ0v) is 16.2. The molecule has 27 heavy (non-hydrogen) atoms. The fraction of sp³-hybridized carbons (Fsp3) is 0.524. The third kappa shape index (κ3) is 5.40. The molecule has 1 aromatic carbocycles. The Kier molecular flexibility index (Phi) is 6.63. The van der Waals surface area contributed by atoms with Gasteiger partial charge in [0.2, 0.25) is 0 Å². The Labute approximate surface area is 161 Å². The standard InChI is InChI=1S/C21H30N4O2/c1-3-4-20-23-15(2)13-21(24-20)25-11-9-17(10-12-25)22-14-19(27)16-5-7-18(26)8-6-16/h5-8,13,17,19,22,26-27H,3-4,9-12,14H2,1-2H3. The normalized spacial score (nSPS) is 16.5. The van der Waals surface area contributed by atoms with Crippen LogP contribution in [0, 0.1) is 6.92 Å². The summed E-state index contributed by atoms with van der Waals surface area (Å²) >= 11 is 0. The van der Waals surface area contributed by atoms with Crippen LogP contribution in [0.25, 0.3) is 0 Å². The molecule has 146 valence electrons. The summed E-state index contributed by atoms with van der Waals surface area (Å²) < 4.78 is 0. The van der Waals surface area contributed by atoms with E-state index in [9.17, 15) is 10.2 Å². The molecule has 6 nitrogen and oxygen atoms in total. The first-order valence-electron chi connectivity index (χ1n) is 9.85. The number of piperidine rings is 1. The zero-order valence-electron chi connectivity index (χ0n) is 16.2. The Morgan fingerprint density at radius 2 is 1.89 bits per heavy atom. The largest absolute Gasteiger partial charge is 0.508 e. The van der Waals surface area contributed by atoms with E-state index in [1.54, 1.807) is 24.3 Å². The smallest absolute Gasteiger partial charge is 0.132 e. The molecule has 1 aliphatic rings. The topological polar surface area (TPSA) is 81.5 Å². The number of aryl methyl sites for hydroxylation is 2. The van der Waals surface area contributed by atoms with Gasteiger partial charge in [0.05, 0.1) is 6.10 Å². The minimum atomic E-state index is -0.565. The maximum absolute atomic E-state index is 10.3. The van der Waals surface area contributed by atoms with Crippen molar-refractivity contribution >= 4 is 5.82 Å². The van der Waals surface area contributed by atoms with E-state index in [-0.39, 0.29) is 5.75 Å². The monoisotopic (exact) mass is 370 g/mol. The summed E-state index contributed by atoms with van der Waals surface area (Å²) in [5.41, 5.74) is 1.85. The third-order valence-corrected chi connectivity index (χ3v) is 5.06. The van der Waals surface area contributed by atoms with Crippen LogP contribution in [-0.4, -0.2) is 45.9 Å². The highest BCUT2D eigenvalue weighted by Crippen LogP contribution is 2.21. The molecule has 1 saturated heterocycles. The molecule has 1 aliphatic heterocycles. The lowest BCUT2D eigenvalue weighted by Gasteiger charge is -2.34. The van der Waals surface area contributed by atoms with Gasteiger partial charge in [-0.2, -0.15) is 0 Å². The first kappa shape index (κ1) is 19.6. The maximum atomic E-state index is 10.3. The number of aromatic nitrogens is 2. The molecule has 1 unspecified atom stereocenters. The summed E-state index contributed by atoms with van der Waals surface area (Å²) in [6, 6.07) is 9.19. The van der Waals surface area contributed by atoms with Gasteiger partial charge in [0.15, 0.2) is 0 Å². The summed E-state index contributed by atoms with van der Waals surface area (Å²) in [6.07, 6.45) is 3.45. The van der Waals surface area contributed by atoms with Crippen LogP contribution in [0.2, 0.25) is 0 Å². The van der Waals surface area contributed by atoms with Gasteiger partial charge in [-0.1, -0.05) is 19.1 Å². The van der Waals surface area contributed by atoms with Crippen LogP contribution in [-0.2, 0) is 6.42 Å². The number of phenolic OH excluding ortho intramolecular Hbond substituents is 1. The van der Waals surface area contributed by atoms with E-state index in [2.05, 4.69) is 28.2 Å². The average molecular weight is 370 g/mol. The van der Waals surface area contributed by atoms with Crippen molar-refractivity contribution in [2.75, 3.05) is 24.5 Å². The predicted octanol–water partition coefficient (Wildman–Crippen LogP) is 2.74. The molecule has 0 spiro atoms. The van der Waals surface area contributed by atoms with Gasteiger partial charge in [-0.3, -0.25) is 0 Å². The van der Waals surface area contributed by atoms with Crippen LogP contribution >= 0.6 is 0 Å². The molecule has 2 heterocycles. The van der Waals surface area contributed by atoms with Gasteiger partial charge < -0.3 is 20.4 Å². The van der Waals surface area contributed by atoms with Crippen molar-refractivity contribution in [3.05, 3.63) is 47.4 Å². The van der Waals surface area contributed by atoms with Gasteiger partial charge in [-0.05, 0) is 43.9 Å². The van der Waals surface area contributed by atoms with Crippen LogP contribution in [0.4, 0.5) is 5.82 Å². The maximum Gasteiger partial charge on any atom is 0.132 e. The van der Waals surface area contributed by atoms with Crippen molar-refractivity contribution in [3.8, 4) is 5.75 Å². The Morgan fingerprint density at radius 3 is 2.56 bits per heavy atom. The van der Waals surface area contributed by atoms with Crippen molar-refractivity contribution in [2.45, 2.75) is 51.7 Å². The highest BCUT2D eigenvalue weighted by Gasteiger charge is 2.21. The number of aromatic hydroxyl groups is 1. The van der Waals surface area contributed by atoms with E-state index >= 15 is 0 Å².